The Morgan fingerprint density at radius 1 is 1.39 bits per heavy atom. The van der Waals surface area contributed by atoms with E-state index in [0.29, 0.717) is 13.2 Å². The molecule has 0 bridgehead atoms. The van der Waals surface area contributed by atoms with Crippen LogP contribution in [0.15, 0.2) is 24.3 Å². The Hall–Kier alpha value is -1.59. The summed E-state index contributed by atoms with van der Waals surface area (Å²) in [6, 6.07) is 7.75. The van der Waals surface area contributed by atoms with Crippen molar-refractivity contribution >= 4 is 5.91 Å². The van der Waals surface area contributed by atoms with Crippen molar-refractivity contribution in [3.8, 4) is 5.75 Å². The molecule has 1 aliphatic rings. The summed E-state index contributed by atoms with van der Waals surface area (Å²) in [4.78, 5) is 14.4. The molecule has 1 N–H and O–H groups in total. The Balaban J connectivity index is 1.71. The second kappa shape index (κ2) is 8.31. The zero-order valence-corrected chi connectivity index (χ0v) is 14.5. The maximum atomic E-state index is 12.3. The number of carbonyl (C=O) groups excluding carboxylic acids is 1. The van der Waals surface area contributed by atoms with Crippen LogP contribution < -0.4 is 10.1 Å². The molecule has 2 rings (SSSR count). The summed E-state index contributed by atoms with van der Waals surface area (Å²) in [5.74, 6) is 0.877. The average Bonchev–Trinajstić information content (AvgIpc) is 2.49. The molecule has 1 aliphatic heterocycles. The van der Waals surface area contributed by atoms with Crippen LogP contribution in [0.5, 0.6) is 5.75 Å². The number of nitrogens with one attached hydrogen (secondary N) is 1. The van der Waals surface area contributed by atoms with Crippen LogP contribution in [-0.2, 0) is 9.53 Å². The summed E-state index contributed by atoms with van der Waals surface area (Å²) in [5, 5.41) is 2.95. The lowest BCUT2D eigenvalue weighted by Gasteiger charge is -2.38. The molecule has 1 fully saturated rings. The van der Waals surface area contributed by atoms with Crippen LogP contribution in [0.1, 0.15) is 26.3 Å². The standard InChI is InChI=1S/C18H28N2O3/c1-13-6-5-7-17(10-13)22-9-8-19-18(21)16(4)20-11-14(2)23-15(3)12-20/h5-7,10,14-16H,8-9,11-12H2,1-4H3,(H,19,21)/t14-,15-,16-/m0/s1. The molecule has 1 saturated heterocycles. The lowest BCUT2D eigenvalue weighted by molar-refractivity contribution is -0.131. The maximum absolute atomic E-state index is 12.3. The van der Waals surface area contributed by atoms with Crippen LogP contribution in [0.3, 0.4) is 0 Å². The highest BCUT2D eigenvalue weighted by Crippen LogP contribution is 2.14. The number of carbonyl (C=O) groups is 1. The third-order valence-corrected chi connectivity index (χ3v) is 4.03. The molecule has 0 aromatic heterocycles. The first-order valence-corrected chi connectivity index (χ1v) is 8.32. The van der Waals surface area contributed by atoms with Crippen molar-refractivity contribution in [1.82, 2.24) is 10.2 Å². The Kier molecular flexibility index (Phi) is 6.42. The Labute approximate surface area is 139 Å². The summed E-state index contributed by atoms with van der Waals surface area (Å²) in [6.07, 6.45) is 0.331. The fourth-order valence-electron chi connectivity index (χ4n) is 2.90. The summed E-state index contributed by atoms with van der Waals surface area (Å²) in [6.45, 7) is 10.6. The molecule has 3 atom stereocenters. The van der Waals surface area contributed by atoms with Crippen molar-refractivity contribution in [1.29, 1.82) is 0 Å². The fourth-order valence-corrected chi connectivity index (χ4v) is 2.90. The number of ether oxygens (including phenoxy) is 2. The van der Waals surface area contributed by atoms with Gasteiger partial charge in [-0.2, -0.15) is 0 Å². The van der Waals surface area contributed by atoms with Crippen LogP contribution in [0.2, 0.25) is 0 Å². The van der Waals surface area contributed by atoms with Crippen molar-refractivity contribution in [2.24, 2.45) is 0 Å². The van der Waals surface area contributed by atoms with Crippen molar-refractivity contribution in [2.75, 3.05) is 26.2 Å². The van der Waals surface area contributed by atoms with Crippen LogP contribution >= 0.6 is 0 Å². The van der Waals surface area contributed by atoms with E-state index in [1.54, 1.807) is 0 Å². The predicted octanol–water partition coefficient (Wildman–Crippen LogP) is 1.99. The van der Waals surface area contributed by atoms with Gasteiger partial charge in [0.1, 0.15) is 12.4 Å². The third-order valence-electron chi connectivity index (χ3n) is 4.03. The minimum Gasteiger partial charge on any atom is -0.492 e. The zero-order chi connectivity index (χ0) is 16.8. The van der Waals surface area contributed by atoms with Gasteiger partial charge >= 0.3 is 0 Å². The minimum absolute atomic E-state index is 0.0409. The first kappa shape index (κ1) is 17.8. The molecule has 1 amide bonds. The molecule has 1 aromatic carbocycles. The maximum Gasteiger partial charge on any atom is 0.237 e. The van der Waals surface area contributed by atoms with Crippen LogP contribution in [0.25, 0.3) is 0 Å². The number of morpholine rings is 1. The number of benzene rings is 1. The first-order chi connectivity index (χ1) is 11.0. The van der Waals surface area contributed by atoms with Gasteiger partial charge in [-0.1, -0.05) is 12.1 Å². The SMILES string of the molecule is Cc1cccc(OCCNC(=O)[C@H](C)N2C[C@H](C)O[C@@H](C)C2)c1. The van der Waals surface area contributed by atoms with Gasteiger partial charge in [0, 0.05) is 13.1 Å². The quantitative estimate of drug-likeness (QED) is 0.815. The van der Waals surface area contributed by atoms with Gasteiger partial charge in [0.2, 0.25) is 5.91 Å². The minimum atomic E-state index is -0.150. The van der Waals surface area contributed by atoms with Gasteiger partial charge in [0.05, 0.1) is 24.8 Å². The molecule has 5 heteroatoms. The normalized spacial score (nSPS) is 23.3. The number of nitrogens with zero attached hydrogens (tertiary/aromatic N) is 1. The molecular weight excluding hydrogens is 292 g/mol. The van der Waals surface area contributed by atoms with E-state index in [2.05, 4.69) is 10.2 Å². The van der Waals surface area contributed by atoms with Gasteiger partial charge in [-0.15, -0.1) is 0 Å². The van der Waals surface area contributed by atoms with Crippen LogP contribution in [-0.4, -0.2) is 55.3 Å². The van der Waals surface area contributed by atoms with Gasteiger partial charge in [-0.05, 0) is 45.4 Å². The van der Waals surface area contributed by atoms with Gasteiger partial charge in [0.25, 0.3) is 0 Å². The highest BCUT2D eigenvalue weighted by atomic mass is 16.5. The molecule has 0 radical (unpaired) electrons. The van der Waals surface area contributed by atoms with Crippen LogP contribution in [0.4, 0.5) is 0 Å². The topological polar surface area (TPSA) is 50.8 Å². The highest BCUT2D eigenvalue weighted by Gasteiger charge is 2.28. The second-order valence-corrected chi connectivity index (χ2v) is 6.34. The molecule has 5 nitrogen and oxygen atoms in total. The summed E-state index contributed by atoms with van der Waals surface area (Å²) < 4.78 is 11.4. The lowest BCUT2D eigenvalue weighted by atomic mass is 10.1. The van der Waals surface area contributed by atoms with E-state index in [0.717, 1.165) is 24.4 Å². The van der Waals surface area contributed by atoms with Crippen molar-refractivity contribution in [3.63, 3.8) is 0 Å². The van der Waals surface area contributed by atoms with Crippen LogP contribution in [0, 0.1) is 6.92 Å². The van der Waals surface area contributed by atoms with E-state index in [4.69, 9.17) is 9.47 Å². The van der Waals surface area contributed by atoms with E-state index >= 15 is 0 Å². The molecule has 0 saturated carbocycles. The van der Waals surface area contributed by atoms with E-state index in [9.17, 15) is 4.79 Å². The molecular formula is C18H28N2O3. The third kappa shape index (κ3) is 5.52. The van der Waals surface area contributed by atoms with Crippen molar-refractivity contribution in [2.45, 2.75) is 45.9 Å². The second-order valence-electron chi connectivity index (χ2n) is 6.34. The largest absolute Gasteiger partial charge is 0.492 e. The number of hydrogen-bond acceptors (Lipinski definition) is 4. The highest BCUT2D eigenvalue weighted by molar-refractivity contribution is 5.81. The van der Waals surface area contributed by atoms with E-state index < -0.39 is 0 Å². The Bertz CT molecular complexity index is 511. The molecule has 128 valence electrons. The zero-order valence-electron chi connectivity index (χ0n) is 14.5. The molecule has 0 aliphatic carbocycles. The number of aryl methyl sites for hydroxylation is 1. The average molecular weight is 320 g/mol. The van der Waals surface area contributed by atoms with E-state index in [1.807, 2.05) is 52.0 Å². The first-order valence-electron chi connectivity index (χ1n) is 8.32. The lowest BCUT2D eigenvalue weighted by Crippen LogP contribution is -2.54. The predicted molar refractivity (Wildman–Crippen MR) is 90.7 cm³/mol. The number of amides is 1. The van der Waals surface area contributed by atoms with E-state index in [1.165, 1.54) is 0 Å². The molecule has 0 unspecified atom stereocenters. The fraction of sp³-hybridized carbons (Fsp3) is 0.611. The van der Waals surface area contributed by atoms with Gasteiger partial charge in [0.15, 0.2) is 0 Å². The van der Waals surface area contributed by atoms with E-state index in [-0.39, 0.29) is 24.2 Å². The van der Waals surface area contributed by atoms with Gasteiger partial charge in [-0.25, -0.2) is 0 Å². The summed E-state index contributed by atoms with van der Waals surface area (Å²) in [7, 11) is 0. The molecule has 1 heterocycles. The van der Waals surface area contributed by atoms with Gasteiger partial charge in [-0.3, -0.25) is 9.69 Å². The van der Waals surface area contributed by atoms with Crippen molar-refractivity contribution < 1.29 is 14.3 Å². The monoisotopic (exact) mass is 320 g/mol. The molecule has 0 spiro atoms. The summed E-state index contributed by atoms with van der Waals surface area (Å²) >= 11 is 0. The Morgan fingerprint density at radius 3 is 2.74 bits per heavy atom. The Morgan fingerprint density at radius 2 is 2.09 bits per heavy atom. The van der Waals surface area contributed by atoms with Gasteiger partial charge < -0.3 is 14.8 Å². The van der Waals surface area contributed by atoms with Crippen molar-refractivity contribution in [3.05, 3.63) is 29.8 Å². The number of hydrogen-bond donors (Lipinski definition) is 1. The molecule has 1 aromatic rings. The number of rotatable bonds is 6. The smallest absolute Gasteiger partial charge is 0.237 e. The molecule has 23 heavy (non-hydrogen) atoms. The summed E-state index contributed by atoms with van der Waals surface area (Å²) in [5.41, 5.74) is 1.16.